The molecule has 8 heteroatoms. The van der Waals surface area contributed by atoms with Gasteiger partial charge in [0, 0.05) is 19.3 Å². The first-order valence-corrected chi connectivity index (χ1v) is 8.14. The van der Waals surface area contributed by atoms with Gasteiger partial charge in [-0.15, -0.1) is 0 Å². The zero-order valence-corrected chi connectivity index (χ0v) is 14.8. The predicted molar refractivity (Wildman–Crippen MR) is 89.5 cm³/mol. The summed E-state index contributed by atoms with van der Waals surface area (Å²) in [5.41, 5.74) is 0.666. The molecule has 8 nitrogen and oxygen atoms in total. The summed E-state index contributed by atoms with van der Waals surface area (Å²) in [5.74, 6) is 0.0266. The Morgan fingerprint density at radius 2 is 1.92 bits per heavy atom. The summed E-state index contributed by atoms with van der Waals surface area (Å²) in [4.78, 5) is 12.1. The van der Waals surface area contributed by atoms with Gasteiger partial charge in [-0.05, 0) is 38.1 Å². The molecule has 0 bridgehead atoms. The van der Waals surface area contributed by atoms with E-state index in [1.807, 2.05) is 13.8 Å². The SMILES string of the molecule is COc1ccc(NC(=O)NC[C@H]2O[C@@H]3OC(C)(C)O[C@@H]3[C@@H]2OC)cc1. The molecule has 1 aromatic rings. The summed E-state index contributed by atoms with van der Waals surface area (Å²) in [7, 11) is 3.18. The molecule has 0 saturated carbocycles. The van der Waals surface area contributed by atoms with Gasteiger partial charge in [0.05, 0.1) is 7.11 Å². The molecule has 2 aliphatic rings. The van der Waals surface area contributed by atoms with E-state index in [2.05, 4.69) is 10.6 Å². The predicted octanol–water partition coefficient (Wildman–Crippen LogP) is 1.71. The Labute approximate surface area is 146 Å². The number of nitrogens with one attached hydrogen (secondary N) is 2. The van der Waals surface area contributed by atoms with Gasteiger partial charge >= 0.3 is 6.03 Å². The highest BCUT2D eigenvalue weighted by atomic mass is 16.8. The zero-order valence-electron chi connectivity index (χ0n) is 14.8. The molecule has 25 heavy (non-hydrogen) atoms. The molecule has 3 rings (SSSR count). The average molecular weight is 352 g/mol. The lowest BCUT2D eigenvalue weighted by atomic mass is 10.1. The van der Waals surface area contributed by atoms with Gasteiger partial charge < -0.3 is 34.3 Å². The first kappa shape index (κ1) is 17.9. The van der Waals surface area contributed by atoms with Crippen LogP contribution in [0.25, 0.3) is 0 Å². The molecule has 0 aliphatic carbocycles. The molecule has 2 aliphatic heterocycles. The number of hydrogen-bond acceptors (Lipinski definition) is 6. The molecule has 0 aromatic heterocycles. The van der Waals surface area contributed by atoms with Crippen LogP contribution in [0, 0.1) is 0 Å². The summed E-state index contributed by atoms with van der Waals surface area (Å²) < 4.78 is 27.9. The molecule has 1 aromatic carbocycles. The maximum atomic E-state index is 12.1. The normalized spacial score (nSPS) is 29.9. The Balaban J connectivity index is 1.50. The number of urea groups is 1. The van der Waals surface area contributed by atoms with E-state index >= 15 is 0 Å². The number of hydrogen-bond donors (Lipinski definition) is 2. The van der Waals surface area contributed by atoms with Crippen molar-refractivity contribution >= 4 is 11.7 Å². The maximum Gasteiger partial charge on any atom is 0.319 e. The van der Waals surface area contributed by atoms with E-state index in [0.717, 1.165) is 5.75 Å². The molecule has 0 radical (unpaired) electrons. The van der Waals surface area contributed by atoms with Gasteiger partial charge in [0.2, 0.25) is 0 Å². The largest absolute Gasteiger partial charge is 0.497 e. The molecule has 4 atom stereocenters. The summed E-state index contributed by atoms with van der Waals surface area (Å²) in [6.07, 6.45) is -1.46. The second-order valence-corrected chi connectivity index (χ2v) is 6.41. The third kappa shape index (κ3) is 4.04. The minimum absolute atomic E-state index is 0.278. The van der Waals surface area contributed by atoms with Crippen LogP contribution in [0.1, 0.15) is 13.8 Å². The smallest absolute Gasteiger partial charge is 0.319 e. The topological polar surface area (TPSA) is 87.3 Å². The van der Waals surface area contributed by atoms with Crippen LogP contribution < -0.4 is 15.4 Å². The van der Waals surface area contributed by atoms with Gasteiger partial charge in [-0.3, -0.25) is 0 Å². The van der Waals surface area contributed by atoms with E-state index in [9.17, 15) is 4.79 Å². The molecule has 2 fully saturated rings. The van der Waals surface area contributed by atoms with E-state index in [1.165, 1.54) is 0 Å². The number of benzene rings is 1. The van der Waals surface area contributed by atoms with E-state index in [1.54, 1.807) is 38.5 Å². The lowest BCUT2D eigenvalue weighted by Gasteiger charge is -2.25. The van der Waals surface area contributed by atoms with Crippen molar-refractivity contribution in [1.82, 2.24) is 5.32 Å². The Hall–Kier alpha value is -1.87. The standard InChI is InChI=1S/C17H24N2O6/c1-17(2)24-14-13(22-4)12(23-15(14)25-17)9-18-16(20)19-10-5-7-11(21-3)8-6-10/h5-8,12-15H,9H2,1-4H3,(H2,18,19,20)/t12-,13-,14-,15-/m1/s1. The van der Waals surface area contributed by atoms with Crippen molar-refractivity contribution in [3.63, 3.8) is 0 Å². The van der Waals surface area contributed by atoms with Crippen LogP contribution in [0.3, 0.4) is 0 Å². The lowest BCUT2D eigenvalue weighted by Crippen LogP contribution is -2.43. The second kappa shape index (κ2) is 7.17. The van der Waals surface area contributed by atoms with Crippen molar-refractivity contribution in [2.24, 2.45) is 0 Å². The van der Waals surface area contributed by atoms with Gasteiger partial charge in [0.25, 0.3) is 0 Å². The number of rotatable bonds is 5. The number of ether oxygens (including phenoxy) is 5. The quantitative estimate of drug-likeness (QED) is 0.839. The van der Waals surface area contributed by atoms with Crippen LogP contribution in [-0.2, 0) is 18.9 Å². The van der Waals surface area contributed by atoms with Gasteiger partial charge in [-0.1, -0.05) is 0 Å². The fourth-order valence-corrected chi connectivity index (χ4v) is 3.04. The molecular weight excluding hydrogens is 328 g/mol. The highest BCUT2D eigenvalue weighted by Crippen LogP contribution is 2.38. The highest BCUT2D eigenvalue weighted by molar-refractivity contribution is 5.89. The number of carbonyl (C=O) groups is 1. The molecule has 2 amide bonds. The third-order valence-corrected chi connectivity index (χ3v) is 4.17. The van der Waals surface area contributed by atoms with Gasteiger partial charge in [0.15, 0.2) is 12.1 Å². The molecular formula is C17H24N2O6. The molecule has 2 saturated heterocycles. The monoisotopic (exact) mass is 352 g/mol. The Morgan fingerprint density at radius 1 is 1.20 bits per heavy atom. The first-order valence-electron chi connectivity index (χ1n) is 8.14. The Bertz CT molecular complexity index is 606. The molecule has 0 spiro atoms. The van der Waals surface area contributed by atoms with Crippen LogP contribution in [-0.4, -0.2) is 57.2 Å². The highest BCUT2D eigenvalue weighted by Gasteiger charge is 2.55. The minimum atomic E-state index is -0.698. The summed E-state index contributed by atoms with van der Waals surface area (Å²) in [5, 5.41) is 5.53. The Morgan fingerprint density at radius 3 is 2.56 bits per heavy atom. The number of methoxy groups -OCH3 is 2. The molecule has 0 unspecified atom stereocenters. The van der Waals surface area contributed by atoms with Crippen molar-refractivity contribution in [2.45, 2.75) is 44.2 Å². The van der Waals surface area contributed by atoms with Crippen molar-refractivity contribution in [1.29, 1.82) is 0 Å². The minimum Gasteiger partial charge on any atom is -0.497 e. The van der Waals surface area contributed by atoms with E-state index in [4.69, 9.17) is 23.7 Å². The van der Waals surface area contributed by atoms with Crippen molar-refractivity contribution in [2.75, 3.05) is 26.1 Å². The van der Waals surface area contributed by atoms with Crippen LogP contribution in [0.4, 0.5) is 10.5 Å². The van der Waals surface area contributed by atoms with E-state index in [0.29, 0.717) is 5.69 Å². The van der Waals surface area contributed by atoms with Crippen LogP contribution in [0.2, 0.25) is 0 Å². The summed E-state index contributed by atoms with van der Waals surface area (Å²) in [6, 6.07) is 6.73. The first-order chi connectivity index (χ1) is 11.9. The Kier molecular flexibility index (Phi) is 5.14. The fourth-order valence-electron chi connectivity index (χ4n) is 3.04. The average Bonchev–Trinajstić information content (AvgIpc) is 3.04. The summed E-state index contributed by atoms with van der Waals surface area (Å²) >= 11 is 0. The fraction of sp³-hybridized carbons (Fsp3) is 0.588. The van der Waals surface area contributed by atoms with Crippen LogP contribution >= 0.6 is 0 Å². The number of carbonyl (C=O) groups excluding carboxylic acids is 1. The number of anilines is 1. The van der Waals surface area contributed by atoms with E-state index < -0.39 is 12.1 Å². The maximum absolute atomic E-state index is 12.1. The van der Waals surface area contributed by atoms with Crippen molar-refractivity contribution in [3.8, 4) is 5.75 Å². The van der Waals surface area contributed by atoms with Gasteiger partial charge in [0.1, 0.15) is 24.1 Å². The number of fused-ring (bicyclic) bond motifs is 1. The second-order valence-electron chi connectivity index (χ2n) is 6.41. The van der Waals surface area contributed by atoms with E-state index in [-0.39, 0.29) is 30.9 Å². The zero-order chi connectivity index (χ0) is 18.0. The van der Waals surface area contributed by atoms with Crippen LogP contribution in [0.5, 0.6) is 5.75 Å². The van der Waals surface area contributed by atoms with Crippen molar-refractivity contribution in [3.05, 3.63) is 24.3 Å². The molecule has 2 heterocycles. The van der Waals surface area contributed by atoms with Crippen molar-refractivity contribution < 1.29 is 28.5 Å². The molecule has 138 valence electrons. The number of amides is 2. The molecule has 2 N–H and O–H groups in total. The summed E-state index contributed by atoms with van der Waals surface area (Å²) in [6.45, 7) is 3.94. The van der Waals surface area contributed by atoms with Gasteiger partial charge in [-0.25, -0.2) is 4.79 Å². The van der Waals surface area contributed by atoms with Gasteiger partial charge in [-0.2, -0.15) is 0 Å². The lowest BCUT2D eigenvalue weighted by molar-refractivity contribution is -0.215. The van der Waals surface area contributed by atoms with Crippen LogP contribution in [0.15, 0.2) is 24.3 Å². The third-order valence-electron chi connectivity index (χ3n) is 4.17.